The molecule has 0 spiro atoms. The van der Waals surface area contributed by atoms with E-state index >= 15 is 0 Å². The summed E-state index contributed by atoms with van der Waals surface area (Å²) in [6.07, 6.45) is 10.8. The number of aliphatic imine (C=N–C) groups is 2. The van der Waals surface area contributed by atoms with Gasteiger partial charge in [0, 0.05) is 32.6 Å². The van der Waals surface area contributed by atoms with Gasteiger partial charge in [-0.05, 0) is 19.7 Å². The Kier molecular flexibility index (Phi) is 7.42. The summed E-state index contributed by atoms with van der Waals surface area (Å²) in [7, 11) is 1.69. The average Bonchev–Trinajstić information content (AvgIpc) is 2.63. The van der Waals surface area contributed by atoms with E-state index in [4.69, 9.17) is 0 Å². The van der Waals surface area contributed by atoms with Crippen molar-refractivity contribution in [2.24, 2.45) is 9.98 Å². The zero-order valence-corrected chi connectivity index (χ0v) is 14.9. The van der Waals surface area contributed by atoms with Gasteiger partial charge in [-0.15, -0.1) is 0 Å². The Morgan fingerprint density at radius 3 is 2.58 bits per heavy atom. The van der Waals surface area contributed by atoms with Crippen LogP contribution in [0.2, 0.25) is 0 Å². The molecule has 0 radical (unpaired) electrons. The highest BCUT2D eigenvalue weighted by Gasteiger charge is 2.30. The van der Waals surface area contributed by atoms with E-state index in [0.29, 0.717) is 17.2 Å². The highest BCUT2D eigenvalue weighted by molar-refractivity contribution is 6.04. The molecule has 0 bridgehead atoms. The van der Waals surface area contributed by atoms with E-state index in [9.17, 15) is 4.79 Å². The van der Waals surface area contributed by atoms with Gasteiger partial charge in [-0.3, -0.25) is 14.8 Å². The summed E-state index contributed by atoms with van der Waals surface area (Å²) < 4.78 is 0. The zero-order valence-electron chi connectivity index (χ0n) is 14.9. The standard InChI is InChI=1S/C16H19N5O.C2H6/c1-5-6-7-12(17-3)14-15-16(18-4)19-8-9-21(15)13(10-20-14)11(2)22;1-2/h5-10,20H,3H2,1-2,4H3,(H,18,19);1-2H3/b6-5-,12-7-;. The normalized spacial score (nSPS) is 18.4. The van der Waals surface area contributed by atoms with Gasteiger partial charge in [-0.1, -0.05) is 26.0 Å². The third-order valence-corrected chi connectivity index (χ3v) is 3.22. The number of carbonyl (C=O) groups excluding carboxylic acids is 1. The molecule has 24 heavy (non-hydrogen) atoms. The molecule has 0 fully saturated rings. The number of ketones is 1. The first-order chi connectivity index (χ1) is 11.6. The van der Waals surface area contributed by atoms with Crippen LogP contribution in [0.3, 0.4) is 0 Å². The SMILES string of the molecule is C=N/C(=C\C=C/C)C1=C2C(=NC)NC=CN2C(C(C)=O)=CN1.CC. The van der Waals surface area contributed by atoms with Crippen molar-refractivity contribution in [3.8, 4) is 0 Å². The first kappa shape index (κ1) is 19.2. The highest BCUT2D eigenvalue weighted by atomic mass is 16.1. The molecule has 0 saturated carbocycles. The van der Waals surface area contributed by atoms with Gasteiger partial charge < -0.3 is 15.5 Å². The third-order valence-electron chi connectivity index (χ3n) is 3.22. The number of fused-ring (bicyclic) bond motifs is 1. The molecule has 0 atom stereocenters. The van der Waals surface area contributed by atoms with E-state index in [2.05, 4.69) is 27.3 Å². The second kappa shape index (κ2) is 9.29. The van der Waals surface area contributed by atoms with E-state index in [0.717, 1.165) is 11.4 Å². The summed E-state index contributed by atoms with van der Waals surface area (Å²) in [6.45, 7) is 11.1. The van der Waals surface area contributed by atoms with Crippen LogP contribution in [-0.4, -0.2) is 30.3 Å². The molecule has 6 nitrogen and oxygen atoms in total. The molecule has 0 unspecified atom stereocenters. The Labute approximate surface area is 143 Å². The smallest absolute Gasteiger partial charge is 0.177 e. The molecule has 2 aliphatic heterocycles. The lowest BCUT2D eigenvalue weighted by Gasteiger charge is -2.34. The molecule has 6 heteroatoms. The van der Waals surface area contributed by atoms with Crippen molar-refractivity contribution in [1.82, 2.24) is 15.5 Å². The van der Waals surface area contributed by atoms with E-state index < -0.39 is 0 Å². The molecule has 2 rings (SSSR count). The summed E-state index contributed by atoms with van der Waals surface area (Å²) >= 11 is 0. The number of allylic oxidation sites excluding steroid dienone is 4. The van der Waals surface area contributed by atoms with Crippen molar-refractivity contribution in [2.75, 3.05) is 7.05 Å². The van der Waals surface area contributed by atoms with Crippen molar-refractivity contribution >= 4 is 18.3 Å². The molecular formula is C18H25N5O. The molecule has 2 heterocycles. The van der Waals surface area contributed by atoms with E-state index in [1.807, 2.05) is 39.0 Å². The van der Waals surface area contributed by atoms with Crippen LogP contribution in [0.5, 0.6) is 0 Å². The van der Waals surface area contributed by atoms with Crippen molar-refractivity contribution in [1.29, 1.82) is 0 Å². The van der Waals surface area contributed by atoms with Gasteiger partial charge >= 0.3 is 0 Å². The number of amidine groups is 1. The van der Waals surface area contributed by atoms with Gasteiger partial charge in [0.1, 0.15) is 11.4 Å². The number of nitrogens with zero attached hydrogens (tertiary/aromatic N) is 3. The summed E-state index contributed by atoms with van der Waals surface area (Å²) in [5, 5.41) is 6.21. The van der Waals surface area contributed by atoms with Gasteiger partial charge in [0.15, 0.2) is 11.6 Å². The predicted octanol–water partition coefficient (Wildman–Crippen LogP) is 2.82. The molecule has 128 valence electrons. The van der Waals surface area contributed by atoms with Crippen LogP contribution in [0, 0.1) is 0 Å². The fourth-order valence-corrected chi connectivity index (χ4v) is 2.21. The second-order valence-electron chi connectivity index (χ2n) is 4.59. The lowest BCUT2D eigenvalue weighted by atomic mass is 10.1. The molecule has 0 saturated heterocycles. The number of hydrogen-bond acceptors (Lipinski definition) is 5. The molecule has 2 aliphatic rings. The Hall–Kier alpha value is -2.89. The van der Waals surface area contributed by atoms with Crippen LogP contribution in [0.1, 0.15) is 27.7 Å². The van der Waals surface area contributed by atoms with Crippen molar-refractivity contribution < 1.29 is 4.79 Å². The van der Waals surface area contributed by atoms with Gasteiger partial charge in [-0.25, -0.2) is 0 Å². The van der Waals surface area contributed by atoms with Crippen LogP contribution in [0.25, 0.3) is 0 Å². The van der Waals surface area contributed by atoms with E-state index in [1.54, 1.807) is 30.5 Å². The van der Waals surface area contributed by atoms with Gasteiger partial charge in [-0.2, -0.15) is 0 Å². The largest absolute Gasteiger partial charge is 0.356 e. The van der Waals surface area contributed by atoms with E-state index in [-0.39, 0.29) is 5.78 Å². The Morgan fingerprint density at radius 2 is 2.04 bits per heavy atom. The molecule has 0 amide bonds. The average molecular weight is 327 g/mol. The van der Waals surface area contributed by atoms with Crippen molar-refractivity contribution in [3.63, 3.8) is 0 Å². The quantitative estimate of drug-likeness (QED) is 0.615. The lowest BCUT2D eigenvalue weighted by molar-refractivity contribution is -0.114. The zero-order chi connectivity index (χ0) is 18.1. The maximum atomic E-state index is 11.8. The molecule has 0 aliphatic carbocycles. The van der Waals surface area contributed by atoms with Crippen LogP contribution in [-0.2, 0) is 4.79 Å². The van der Waals surface area contributed by atoms with Crippen molar-refractivity contribution in [3.05, 3.63) is 59.6 Å². The van der Waals surface area contributed by atoms with Gasteiger partial charge in [0.25, 0.3) is 0 Å². The minimum absolute atomic E-state index is 0.0448. The van der Waals surface area contributed by atoms with Crippen LogP contribution in [0.4, 0.5) is 0 Å². The summed E-state index contributed by atoms with van der Waals surface area (Å²) in [5.41, 5.74) is 2.67. The van der Waals surface area contributed by atoms with Gasteiger partial charge in [0.2, 0.25) is 0 Å². The minimum atomic E-state index is -0.0448. The predicted molar refractivity (Wildman–Crippen MR) is 100 cm³/mol. The number of carbonyl (C=O) groups is 1. The van der Waals surface area contributed by atoms with Crippen molar-refractivity contribution in [2.45, 2.75) is 27.7 Å². The molecule has 0 aromatic rings. The summed E-state index contributed by atoms with van der Waals surface area (Å²) in [6, 6.07) is 0. The van der Waals surface area contributed by atoms with Gasteiger partial charge in [0.05, 0.1) is 11.4 Å². The number of hydrogen-bond donors (Lipinski definition) is 2. The topological polar surface area (TPSA) is 69.1 Å². The second-order valence-corrected chi connectivity index (χ2v) is 4.59. The lowest BCUT2D eigenvalue weighted by Crippen LogP contribution is -2.41. The maximum absolute atomic E-state index is 11.8. The van der Waals surface area contributed by atoms with E-state index in [1.165, 1.54) is 6.92 Å². The summed E-state index contributed by atoms with van der Waals surface area (Å²) in [4.78, 5) is 21.9. The fraction of sp³-hybridized carbons (Fsp3) is 0.278. The van der Waals surface area contributed by atoms with Crippen LogP contribution < -0.4 is 10.6 Å². The molecule has 0 aromatic carbocycles. The van der Waals surface area contributed by atoms with Crippen LogP contribution >= 0.6 is 0 Å². The minimum Gasteiger partial charge on any atom is -0.356 e. The van der Waals surface area contributed by atoms with Crippen LogP contribution in [0.15, 0.2) is 69.6 Å². The first-order valence-electron chi connectivity index (χ1n) is 7.85. The Morgan fingerprint density at radius 1 is 1.33 bits per heavy atom. The monoisotopic (exact) mass is 327 g/mol. The maximum Gasteiger partial charge on any atom is 0.177 e. The molecular weight excluding hydrogens is 302 g/mol. The molecule has 2 N–H and O–H groups in total. The third kappa shape index (κ3) is 3.90. The number of rotatable bonds is 4. The number of Topliss-reactive ketones (excluding diaryl/α,β-unsaturated/α-hetero) is 1. The Balaban J connectivity index is 0.00000139. The highest BCUT2D eigenvalue weighted by Crippen LogP contribution is 2.28. The molecule has 0 aromatic heterocycles. The number of nitrogens with one attached hydrogen (secondary N) is 2. The fourth-order valence-electron chi connectivity index (χ4n) is 2.21. The summed E-state index contributed by atoms with van der Waals surface area (Å²) in [5.74, 6) is 0.600. The Bertz CT molecular complexity index is 678. The first-order valence-corrected chi connectivity index (χ1v) is 7.85.